The molecule has 14 rings (SSSR count). The van der Waals surface area contributed by atoms with Crippen LogP contribution in [-0.4, -0.2) is 156 Å². The topological polar surface area (TPSA) is 142 Å². The van der Waals surface area contributed by atoms with E-state index in [2.05, 4.69) is 53.4 Å². The van der Waals surface area contributed by atoms with Crippen molar-refractivity contribution in [2.75, 3.05) is 89.7 Å². The predicted molar refractivity (Wildman–Crippen MR) is 325 cm³/mol. The number of benzene rings is 6. The van der Waals surface area contributed by atoms with Crippen LogP contribution in [0.2, 0.25) is 0 Å². The molecule has 87 heavy (non-hydrogen) atoms. The maximum atomic E-state index is 16.2. The molecule has 6 unspecified atom stereocenters. The minimum absolute atomic E-state index is 0.00272. The summed E-state index contributed by atoms with van der Waals surface area (Å²) in [6, 6.07) is 19.1. The Hall–Kier alpha value is -8.14. The molecule has 0 bridgehead atoms. The number of hydrogen-bond acceptors (Lipinski definition) is 14. The summed E-state index contributed by atoms with van der Waals surface area (Å²) in [4.78, 5) is 26.3. The van der Waals surface area contributed by atoms with Gasteiger partial charge < -0.3 is 39.0 Å². The smallest absolute Gasteiger partial charge is 0.318 e. The highest BCUT2D eigenvalue weighted by Crippen LogP contribution is 2.43. The number of aromatic nitrogens is 4. The molecule has 6 fully saturated rings. The molecule has 6 aromatic carbocycles. The largest absolute Gasteiger partial charge is 0.508 e. The third-order valence-corrected chi connectivity index (χ3v) is 17.3. The second-order valence-corrected chi connectivity index (χ2v) is 22.7. The third-order valence-electron chi connectivity index (χ3n) is 17.3. The van der Waals surface area contributed by atoms with Crippen molar-refractivity contribution < 1.29 is 55.5 Å². The highest BCUT2D eigenvalue weighted by atomic mass is 19.2. The summed E-state index contributed by atoms with van der Waals surface area (Å²) >= 11 is 0. The zero-order valence-corrected chi connectivity index (χ0v) is 48.9. The first-order valence-electron chi connectivity index (χ1n) is 29.5. The molecular formula is C67H68F6N8O6. The number of morpholine rings is 2. The molecule has 0 saturated carbocycles. The molecule has 0 aliphatic carbocycles. The molecule has 8 aromatic rings. The molecule has 20 heteroatoms. The van der Waals surface area contributed by atoms with E-state index in [0.29, 0.717) is 109 Å². The number of methoxy groups -OCH3 is 2. The summed E-state index contributed by atoms with van der Waals surface area (Å²) in [7, 11) is 2.84. The van der Waals surface area contributed by atoms with Crippen molar-refractivity contribution >= 4 is 55.0 Å². The van der Waals surface area contributed by atoms with E-state index >= 15 is 8.78 Å². The lowest BCUT2D eigenvalue weighted by molar-refractivity contribution is 0.0530. The Kier molecular flexibility index (Phi) is 18.1. The molecule has 0 amide bonds. The van der Waals surface area contributed by atoms with Crippen LogP contribution in [0.1, 0.15) is 69.9 Å². The van der Waals surface area contributed by atoms with Crippen LogP contribution in [0.4, 0.5) is 38.0 Å². The number of nitrogens with zero attached hydrogens (tertiary/aromatic N) is 8. The average molecular weight is 1200 g/mol. The number of phenols is 2. The molecule has 2 aromatic heterocycles. The number of alkyl halides is 2. The molecule has 2 N–H and O–H groups in total. The quantitative estimate of drug-likeness (QED) is 0.115. The molecule has 14 nitrogen and oxygen atoms in total. The lowest BCUT2D eigenvalue weighted by Crippen LogP contribution is -2.45. The van der Waals surface area contributed by atoms with Crippen molar-refractivity contribution in [3.05, 3.63) is 107 Å². The van der Waals surface area contributed by atoms with Crippen LogP contribution >= 0.6 is 0 Å². The van der Waals surface area contributed by atoms with Crippen molar-refractivity contribution in [1.29, 1.82) is 0 Å². The molecule has 0 radical (unpaired) electrons. The summed E-state index contributed by atoms with van der Waals surface area (Å²) in [6.45, 7) is 11.1. The highest BCUT2D eigenvalue weighted by Gasteiger charge is 2.36. The monoisotopic (exact) mass is 1190 g/mol. The van der Waals surface area contributed by atoms with E-state index in [1.54, 1.807) is 24.3 Å². The fourth-order valence-electron chi connectivity index (χ4n) is 13.2. The second-order valence-electron chi connectivity index (χ2n) is 22.7. The van der Waals surface area contributed by atoms with Gasteiger partial charge in [-0.3, -0.25) is 9.80 Å². The summed E-state index contributed by atoms with van der Waals surface area (Å²) in [5, 5.41) is 23.3. The van der Waals surface area contributed by atoms with Crippen molar-refractivity contribution in [2.24, 2.45) is 0 Å². The third kappa shape index (κ3) is 12.3. The van der Waals surface area contributed by atoms with Gasteiger partial charge in [-0.1, -0.05) is 43.0 Å². The number of rotatable bonds is 7. The molecule has 6 aliphatic heterocycles. The van der Waals surface area contributed by atoms with Gasteiger partial charge in [0.15, 0.2) is 11.6 Å². The van der Waals surface area contributed by atoms with Gasteiger partial charge in [0, 0.05) is 77.5 Å². The van der Waals surface area contributed by atoms with Crippen LogP contribution < -0.4 is 19.3 Å². The SMILES string of the molecule is C#Cc1c(F)ccc2cc(O)cc(-c3ccc4c(N5CCOC(C)C5)nc(OC)nc4c3F)c12.C#Cc1c(F)ccc2cc(O)cc(-c3ccc4c(N5CCOCC5CC)nc(OC)nc4c3F)c12.FC1CC2CCCN2C1.FC1CC2CCCN2C1. The van der Waals surface area contributed by atoms with Gasteiger partial charge in [0.2, 0.25) is 0 Å². The molecule has 6 saturated heterocycles. The maximum absolute atomic E-state index is 16.2. The van der Waals surface area contributed by atoms with Crippen molar-refractivity contribution in [3.8, 4) is 70.5 Å². The standard InChI is InChI=1S/C27H23F2N3O3.C26H21F2N3O3.2C7H12FN/c1-4-16-14-35-11-10-32(16)26-20-8-7-19(24(29)25(20)30-27(31-26)34-3)21-13-17(33)12-15-6-9-22(28)18(5-2)23(15)21;1-4-17-21(27)8-5-15-11-16(32)12-20(22(15)17)18-6-7-19-24(23(18)28)29-26(33-3)30-25(19)31-9-10-34-14(2)13-31;2*8-6-4-7-2-1-3-9(7)5-6/h2,6-9,12-13,16,33H,4,10-11,14H2,1,3H3;1,5-8,11-12,14,32H,9-10,13H2,2-3H3;2*6-7H,1-5H2. The van der Waals surface area contributed by atoms with Gasteiger partial charge in [-0.2, -0.15) is 19.9 Å². The van der Waals surface area contributed by atoms with Gasteiger partial charge in [0.25, 0.3) is 0 Å². The normalized spacial score (nSPS) is 21.7. The van der Waals surface area contributed by atoms with Crippen LogP contribution in [0.15, 0.2) is 72.8 Å². The Morgan fingerprint density at radius 2 is 1.13 bits per heavy atom. The number of anilines is 2. The van der Waals surface area contributed by atoms with E-state index in [4.69, 9.17) is 31.8 Å². The first-order chi connectivity index (χ1) is 42.1. The second kappa shape index (κ2) is 26.1. The Morgan fingerprint density at radius 3 is 1.60 bits per heavy atom. The number of ether oxygens (including phenoxy) is 4. The van der Waals surface area contributed by atoms with Crippen LogP contribution in [-0.2, 0) is 9.47 Å². The van der Waals surface area contributed by atoms with Gasteiger partial charge in [-0.15, -0.1) is 12.8 Å². The van der Waals surface area contributed by atoms with Gasteiger partial charge >= 0.3 is 12.0 Å². The molecule has 6 atom stereocenters. The number of terminal acetylenes is 2. The highest BCUT2D eigenvalue weighted by molar-refractivity contribution is 6.05. The lowest BCUT2D eigenvalue weighted by atomic mass is 9.93. The lowest BCUT2D eigenvalue weighted by Gasteiger charge is -2.36. The van der Waals surface area contributed by atoms with Crippen LogP contribution in [0.25, 0.3) is 65.6 Å². The fraction of sp³-hybridized carbons (Fsp3) is 0.403. The number of phenolic OH excluding ortho intramolecular Hbond substituents is 2. The summed E-state index contributed by atoms with van der Waals surface area (Å²) < 4.78 is 108. The first-order valence-corrected chi connectivity index (χ1v) is 29.5. The van der Waals surface area contributed by atoms with Crippen LogP contribution in [0, 0.1) is 48.0 Å². The molecular weight excluding hydrogens is 1130 g/mol. The summed E-state index contributed by atoms with van der Waals surface area (Å²) in [5.41, 5.74) is 0.880. The molecule has 454 valence electrons. The van der Waals surface area contributed by atoms with E-state index in [1.165, 1.54) is 88.4 Å². The van der Waals surface area contributed by atoms with E-state index in [-0.39, 0.29) is 80.1 Å². The Labute approximate surface area is 501 Å². The van der Waals surface area contributed by atoms with Crippen molar-refractivity contribution in [1.82, 2.24) is 29.7 Å². The van der Waals surface area contributed by atoms with Crippen molar-refractivity contribution in [3.63, 3.8) is 0 Å². The Morgan fingerprint density at radius 1 is 0.621 bits per heavy atom. The summed E-state index contributed by atoms with van der Waals surface area (Å²) in [6.07, 6.45) is 17.6. The minimum atomic E-state index is -0.653. The Balaban J connectivity index is 0.000000139. The number of aromatic hydroxyl groups is 2. The first kappa shape index (κ1) is 60.5. The zero-order valence-electron chi connectivity index (χ0n) is 48.9. The number of hydrogen-bond donors (Lipinski definition) is 2. The van der Waals surface area contributed by atoms with E-state index in [0.717, 1.165) is 32.4 Å². The van der Waals surface area contributed by atoms with Crippen LogP contribution in [0.3, 0.4) is 0 Å². The van der Waals surface area contributed by atoms with Gasteiger partial charge in [0.1, 0.15) is 58.1 Å². The van der Waals surface area contributed by atoms with Gasteiger partial charge in [-0.25, -0.2) is 26.3 Å². The number of fused-ring (bicyclic) bond motifs is 6. The maximum Gasteiger partial charge on any atom is 0.318 e. The van der Waals surface area contributed by atoms with Gasteiger partial charge in [-0.05, 0) is 135 Å². The summed E-state index contributed by atoms with van der Waals surface area (Å²) in [5.74, 6) is 3.12. The van der Waals surface area contributed by atoms with Crippen LogP contribution in [0.5, 0.6) is 23.5 Å². The fourth-order valence-corrected chi connectivity index (χ4v) is 13.2. The molecule has 8 heterocycles. The van der Waals surface area contributed by atoms with Gasteiger partial charge in [0.05, 0.1) is 57.3 Å². The minimum Gasteiger partial charge on any atom is -0.508 e. The van der Waals surface area contributed by atoms with Crippen molar-refractivity contribution in [2.45, 2.75) is 95.4 Å². The zero-order chi connectivity index (χ0) is 61.2. The Bertz CT molecular complexity index is 3920. The van der Waals surface area contributed by atoms with E-state index in [1.807, 2.05) is 11.8 Å². The van der Waals surface area contributed by atoms with E-state index < -0.39 is 35.6 Å². The van der Waals surface area contributed by atoms with E-state index in [9.17, 15) is 27.8 Å². The average Bonchev–Trinajstić information content (AvgIpc) is 1.63. The molecule has 0 spiro atoms. The molecule has 6 aliphatic rings. The predicted octanol–water partition coefficient (Wildman–Crippen LogP) is 12.1. The number of halogens is 6.